The molecule has 0 aromatic rings. The van der Waals surface area contributed by atoms with Crippen LogP contribution in [0.25, 0.3) is 0 Å². The second-order valence-electron chi connectivity index (χ2n) is 3.90. The monoisotopic (exact) mass is 224 g/mol. The van der Waals surface area contributed by atoms with Gasteiger partial charge in [-0.1, -0.05) is 18.2 Å². The summed E-state index contributed by atoms with van der Waals surface area (Å²) in [5, 5.41) is 8.80. The lowest BCUT2D eigenvalue weighted by Crippen LogP contribution is -2.22. The number of hydrogen-bond donors (Lipinski definition) is 1. The molecule has 1 rings (SSSR count). The Kier molecular flexibility index (Phi) is 4.43. The second kappa shape index (κ2) is 5.61. The van der Waals surface area contributed by atoms with E-state index in [0.29, 0.717) is 0 Å². The maximum absolute atomic E-state index is 10.7. The molecule has 1 aliphatic rings. The van der Waals surface area contributed by atoms with Crippen LogP contribution in [0.4, 0.5) is 0 Å². The molecule has 2 unspecified atom stereocenters. The van der Waals surface area contributed by atoms with Gasteiger partial charge in [-0.05, 0) is 32.3 Å². The first-order valence-corrected chi connectivity index (χ1v) is 5.29. The van der Waals surface area contributed by atoms with E-state index >= 15 is 0 Å². The van der Waals surface area contributed by atoms with Gasteiger partial charge >= 0.3 is 5.97 Å². The Labute approximate surface area is 94.6 Å². The van der Waals surface area contributed by atoms with Gasteiger partial charge in [0.15, 0.2) is 5.60 Å². The molecule has 4 nitrogen and oxygen atoms in total. The van der Waals surface area contributed by atoms with Crippen LogP contribution in [0.15, 0.2) is 24.3 Å². The van der Waals surface area contributed by atoms with Crippen LogP contribution in [0, 0.1) is 0 Å². The van der Waals surface area contributed by atoms with Crippen LogP contribution in [-0.4, -0.2) is 29.1 Å². The summed E-state index contributed by atoms with van der Waals surface area (Å²) >= 11 is 0. The Morgan fingerprint density at radius 1 is 1.44 bits per heavy atom. The van der Waals surface area contributed by atoms with Crippen molar-refractivity contribution in [3.05, 3.63) is 24.3 Å². The Hall–Kier alpha value is -1.42. The van der Waals surface area contributed by atoms with Gasteiger partial charge in [-0.15, -0.1) is 0 Å². The zero-order chi connectivity index (χ0) is 12.0. The summed E-state index contributed by atoms with van der Waals surface area (Å²) in [4.78, 5) is 20.7. The predicted molar refractivity (Wildman–Crippen MR) is 59.1 cm³/mol. The highest BCUT2D eigenvalue weighted by Crippen LogP contribution is 2.39. The van der Waals surface area contributed by atoms with Gasteiger partial charge in [0.2, 0.25) is 0 Å². The summed E-state index contributed by atoms with van der Waals surface area (Å²) in [5.74, 6) is -0.887. The van der Waals surface area contributed by atoms with Crippen molar-refractivity contribution in [3.63, 3.8) is 0 Å². The van der Waals surface area contributed by atoms with Crippen molar-refractivity contribution in [3.8, 4) is 0 Å². The molecule has 4 heteroatoms. The zero-order valence-electron chi connectivity index (χ0n) is 9.26. The van der Waals surface area contributed by atoms with Crippen LogP contribution in [0.3, 0.4) is 0 Å². The van der Waals surface area contributed by atoms with Crippen molar-refractivity contribution in [1.82, 2.24) is 0 Å². The molecular formula is C12H16O4. The number of carboxylic acid groups (broad SMARTS) is 1. The van der Waals surface area contributed by atoms with Crippen molar-refractivity contribution < 1.29 is 19.4 Å². The summed E-state index contributed by atoms with van der Waals surface area (Å²) in [5.41, 5.74) is -0.957. The molecule has 0 spiro atoms. The highest BCUT2D eigenvalue weighted by atomic mass is 16.6. The molecule has 1 aliphatic heterocycles. The first-order valence-electron chi connectivity index (χ1n) is 5.29. The Morgan fingerprint density at radius 3 is 2.75 bits per heavy atom. The summed E-state index contributed by atoms with van der Waals surface area (Å²) in [6, 6.07) is 0. The van der Waals surface area contributed by atoms with Crippen LogP contribution >= 0.6 is 0 Å². The van der Waals surface area contributed by atoms with E-state index < -0.39 is 11.6 Å². The Balaban J connectivity index is 2.10. The number of unbranched alkanes of at least 4 members (excludes halogenated alkanes) is 1. The number of carbonyl (C=O) groups excluding carboxylic acids is 1. The fraction of sp³-hybridized carbons (Fsp3) is 0.500. The fourth-order valence-electron chi connectivity index (χ4n) is 1.49. The number of aldehydes is 1. The van der Waals surface area contributed by atoms with E-state index in [-0.39, 0.29) is 6.10 Å². The number of carbonyl (C=O) groups is 2. The third kappa shape index (κ3) is 3.31. The van der Waals surface area contributed by atoms with Gasteiger partial charge in [-0.25, -0.2) is 4.79 Å². The van der Waals surface area contributed by atoms with Crippen LogP contribution in [0.1, 0.15) is 26.2 Å². The average molecular weight is 224 g/mol. The van der Waals surface area contributed by atoms with Gasteiger partial charge in [0.05, 0.1) is 6.10 Å². The van der Waals surface area contributed by atoms with Crippen molar-refractivity contribution >= 4 is 12.3 Å². The lowest BCUT2D eigenvalue weighted by atomic mass is 10.0. The second-order valence-corrected chi connectivity index (χ2v) is 3.90. The third-order valence-corrected chi connectivity index (χ3v) is 2.64. The maximum Gasteiger partial charge on any atom is 0.338 e. The van der Waals surface area contributed by atoms with E-state index in [2.05, 4.69) is 0 Å². The first-order chi connectivity index (χ1) is 7.61. The molecule has 1 heterocycles. The molecule has 0 aromatic heterocycles. The van der Waals surface area contributed by atoms with Gasteiger partial charge in [0.25, 0.3) is 0 Å². The van der Waals surface area contributed by atoms with Crippen molar-refractivity contribution in [2.45, 2.75) is 37.9 Å². The number of epoxide rings is 1. The first kappa shape index (κ1) is 12.6. The molecule has 0 aromatic carbocycles. The van der Waals surface area contributed by atoms with Crippen molar-refractivity contribution in [2.75, 3.05) is 0 Å². The predicted octanol–water partition coefficient (Wildman–Crippen LogP) is 1.71. The number of aliphatic carboxylic acids is 1. The Morgan fingerprint density at radius 2 is 2.19 bits per heavy atom. The third-order valence-electron chi connectivity index (χ3n) is 2.64. The smallest absolute Gasteiger partial charge is 0.338 e. The topological polar surface area (TPSA) is 66.9 Å². The Bertz CT molecular complexity index is 319. The van der Waals surface area contributed by atoms with Gasteiger partial charge in [0.1, 0.15) is 6.29 Å². The van der Waals surface area contributed by atoms with Crippen LogP contribution in [0.2, 0.25) is 0 Å². The van der Waals surface area contributed by atoms with Gasteiger partial charge in [-0.2, -0.15) is 0 Å². The molecule has 0 aliphatic carbocycles. The summed E-state index contributed by atoms with van der Waals surface area (Å²) in [6.07, 6.45) is 9.91. The number of hydrogen-bond acceptors (Lipinski definition) is 3. The molecule has 1 fully saturated rings. The largest absolute Gasteiger partial charge is 0.479 e. The number of carboxylic acids is 1. The van der Waals surface area contributed by atoms with Gasteiger partial charge in [0, 0.05) is 0 Å². The molecule has 88 valence electrons. The van der Waals surface area contributed by atoms with Crippen LogP contribution in [0.5, 0.6) is 0 Å². The highest BCUT2D eigenvalue weighted by Gasteiger charge is 2.58. The number of rotatable bonds is 7. The minimum Gasteiger partial charge on any atom is -0.479 e. The molecular weight excluding hydrogens is 208 g/mol. The van der Waals surface area contributed by atoms with E-state index in [9.17, 15) is 9.59 Å². The standard InChI is InChI=1S/C12H16O4/c1-12(11(14)15)10(16-12)8-6-4-2-3-5-7-9-13/h2-3,5,7,9-10H,4,6,8H2,1H3,(H,14,15)/b3-2+,7-5+. The highest BCUT2D eigenvalue weighted by molar-refractivity contribution is 5.80. The lowest BCUT2D eigenvalue weighted by molar-refractivity contribution is -0.142. The van der Waals surface area contributed by atoms with Crippen LogP contribution < -0.4 is 0 Å². The molecule has 16 heavy (non-hydrogen) atoms. The molecule has 0 saturated carbocycles. The number of ether oxygens (including phenoxy) is 1. The van der Waals surface area contributed by atoms with E-state index in [1.165, 1.54) is 6.08 Å². The fourth-order valence-corrected chi connectivity index (χ4v) is 1.49. The van der Waals surface area contributed by atoms with E-state index in [1.54, 1.807) is 19.1 Å². The molecule has 1 N–H and O–H groups in total. The molecule has 0 bridgehead atoms. The summed E-state index contributed by atoms with van der Waals surface area (Å²) < 4.78 is 5.13. The molecule has 1 saturated heterocycles. The number of allylic oxidation sites excluding steroid dienone is 4. The van der Waals surface area contributed by atoms with Crippen molar-refractivity contribution in [1.29, 1.82) is 0 Å². The summed E-state index contributed by atoms with van der Waals surface area (Å²) in [7, 11) is 0. The molecule has 2 atom stereocenters. The molecule has 0 radical (unpaired) electrons. The minimum absolute atomic E-state index is 0.149. The van der Waals surface area contributed by atoms with Gasteiger partial charge < -0.3 is 9.84 Å². The normalized spacial score (nSPS) is 28.7. The lowest BCUT2D eigenvalue weighted by Gasteiger charge is -1.97. The SMILES string of the molecule is CC1(C(=O)O)OC1CCC/C=C/C=C/C=O. The van der Waals surface area contributed by atoms with E-state index in [4.69, 9.17) is 9.84 Å². The average Bonchev–Trinajstić information content (AvgIpc) is 2.90. The van der Waals surface area contributed by atoms with Gasteiger partial charge in [-0.3, -0.25) is 4.79 Å². The maximum atomic E-state index is 10.7. The summed E-state index contributed by atoms with van der Waals surface area (Å²) in [6.45, 7) is 1.60. The molecule has 0 amide bonds. The van der Waals surface area contributed by atoms with Crippen molar-refractivity contribution in [2.24, 2.45) is 0 Å². The quantitative estimate of drug-likeness (QED) is 0.235. The zero-order valence-corrected chi connectivity index (χ0v) is 9.26. The van der Waals surface area contributed by atoms with Crippen LogP contribution in [-0.2, 0) is 14.3 Å². The van der Waals surface area contributed by atoms with E-state index in [0.717, 1.165) is 25.5 Å². The van der Waals surface area contributed by atoms with E-state index in [1.807, 2.05) is 6.08 Å². The minimum atomic E-state index is -0.957.